The van der Waals surface area contributed by atoms with Gasteiger partial charge in [-0.25, -0.2) is 0 Å². The third kappa shape index (κ3) is 8.56. The van der Waals surface area contributed by atoms with Crippen LogP contribution < -0.4 is 19.5 Å². The van der Waals surface area contributed by atoms with Crippen molar-refractivity contribution in [3.8, 4) is 17.2 Å². The predicted molar refractivity (Wildman–Crippen MR) is 144 cm³/mol. The molecule has 196 valence electrons. The van der Waals surface area contributed by atoms with Crippen LogP contribution in [0.4, 0.5) is 0 Å². The number of amides is 2. The minimum absolute atomic E-state index is 0.218. The SMILES string of the molecule is COc1ccc(OCC(=O)N(Cc2cccc(OC)c2)[C@H](Cc2ccccc2)C(=O)NC(C)(C)C)cc1. The minimum Gasteiger partial charge on any atom is -0.497 e. The lowest BCUT2D eigenvalue weighted by molar-refractivity contribution is -0.143. The summed E-state index contributed by atoms with van der Waals surface area (Å²) in [6.45, 7) is 5.77. The van der Waals surface area contributed by atoms with Crippen LogP contribution in [0.2, 0.25) is 0 Å². The largest absolute Gasteiger partial charge is 0.497 e. The van der Waals surface area contributed by atoms with Gasteiger partial charge in [0.05, 0.1) is 14.2 Å². The highest BCUT2D eigenvalue weighted by Crippen LogP contribution is 2.21. The lowest BCUT2D eigenvalue weighted by Gasteiger charge is -2.33. The summed E-state index contributed by atoms with van der Waals surface area (Å²) in [5.41, 5.74) is 1.34. The molecule has 0 heterocycles. The number of nitrogens with one attached hydrogen (secondary N) is 1. The van der Waals surface area contributed by atoms with Gasteiger partial charge in [-0.05, 0) is 68.3 Å². The molecule has 2 amide bonds. The summed E-state index contributed by atoms with van der Waals surface area (Å²) in [6, 6.07) is 23.4. The maximum Gasteiger partial charge on any atom is 0.261 e. The topological polar surface area (TPSA) is 77.1 Å². The molecule has 0 radical (unpaired) electrons. The average Bonchev–Trinajstić information content (AvgIpc) is 2.89. The van der Waals surface area contributed by atoms with Crippen LogP contribution in [-0.2, 0) is 22.6 Å². The van der Waals surface area contributed by atoms with Gasteiger partial charge in [-0.15, -0.1) is 0 Å². The minimum atomic E-state index is -0.750. The molecule has 1 N–H and O–H groups in total. The maximum absolute atomic E-state index is 13.7. The molecule has 0 saturated heterocycles. The molecule has 0 saturated carbocycles. The number of ether oxygens (including phenoxy) is 3. The molecular weight excluding hydrogens is 468 g/mol. The predicted octanol–water partition coefficient (Wildman–Crippen LogP) is 4.64. The van der Waals surface area contributed by atoms with Crippen LogP contribution >= 0.6 is 0 Å². The van der Waals surface area contributed by atoms with Gasteiger partial charge in [-0.1, -0.05) is 42.5 Å². The number of carbonyl (C=O) groups is 2. The quantitative estimate of drug-likeness (QED) is 0.412. The van der Waals surface area contributed by atoms with E-state index in [9.17, 15) is 9.59 Å². The van der Waals surface area contributed by atoms with Crippen LogP contribution in [0.1, 0.15) is 31.9 Å². The molecule has 0 aliphatic heterocycles. The van der Waals surface area contributed by atoms with Crippen LogP contribution in [0.25, 0.3) is 0 Å². The summed E-state index contributed by atoms with van der Waals surface area (Å²) < 4.78 is 16.4. The number of benzene rings is 3. The van der Waals surface area contributed by atoms with Crippen molar-refractivity contribution in [3.63, 3.8) is 0 Å². The van der Waals surface area contributed by atoms with E-state index in [2.05, 4.69) is 5.32 Å². The number of rotatable bonds is 11. The molecule has 0 aliphatic rings. The molecule has 7 heteroatoms. The second-order valence-electron chi connectivity index (χ2n) is 9.78. The lowest BCUT2D eigenvalue weighted by Crippen LogP contribution is -2.55. The first kappa shape index (κ1) is 27.6. The molecule has 37 heavy (non-hydrogen) atoms. The molecule has 3 aromatic carbocycles. The van der Waals surface area contributed by atoms with Crippen molar-refractivity contribution in [2.45, 2.75) is 45.3 Å². The van der Waals surface area contributed by atoms with E-state index in [4.69, 9.17) is 14.2 Å². The zero-order chi connectivity index (χ0) is 26.8. The van der Waals surface area contributed by atoms with Crippen LogP contribution in [0, 0.1) is 0 Å². The summed E-state index contributed by atoms with van der Waals surface area (Å²) in [4.78, 5) is 28.8. The zero-order valence-electron chi connectivity index (χ0n) is 22.2. The molecule has 1 atom stereocenters. The third-order valence-corrected chi connectivity index (χ3v) is 5.68. The van der Waals surface area contributed by atoms with Gasteiger partial charge in [-0.3, -0.25) is 9.59 Å². The van der Waals surface area contributed by atoms with Gasteiger partial charge in [-0.2, -0.15) is 0 Å². The highest BCUT2D eigenvalue weighted by Gasteiger charge is 2.32. The normalized spacial score (nSPS) is 11.8. The standard InChI is InChI=1S/C30H36N2O5/c1-30(2,3)31-29(34)27(19-22-10-7-6-8-11-22)32(20-23-12-9-13-26(18-23)36-5)28(33)21-37-25-16-14-24(35-4)15-17-25/h6-18,27H,19-21H2,1-5H3,(H,31,34)/t27-/m1/s1. The van der Waals surface area contributed by atoms with Gasteiger partial charge in [0.2, 0.25) is 5.91 Å². The highest BCUT2D eigenvalue weighted by molar-refractivity contribution is 5.89. The Hall–Kier alpha value is -4.00. The fraction of sp³-hybridized carbons (Fsp3) is 0.333. The van der Waals surface area contributed by atoms with Crippen molar-refractivity contribution < 1.29 is 23.8 Å². The summed E-state index contributed by atoms with van der Waals surface area (Å²) in [5.74, 6) is 1.38. The smallest absolute Gasteiger partial charge is 0.261 e. The van der Waals surface area contributed by atoms with Crippen molar-refractivity contribution in [2.75, 3.05) is 20.8 Å². The monoisotopic (exact) mass is 504 g/mol. The van der Waals surface area contributed by atoms with E-state index < -0.39 is 11.6 Å². The lowest BCUT2D eigenvalue weighted by atomic mass is 10.0. The second kappa shape index (κ2) is 12.8. The molecule has 0 spiro atoms. The molecule has 7 nitrogen and oxygen atoms in total. The van der Waals surface area contributed by atoms with Gasteiger partial charge >= 0.3 is 0 Å². The van der Waals surface area contributed by atoms with Gasteiger partial charge in [0.1, 0.15) is 23.3 Å². The second-order valence-corrected chi connectivity index (χ2v) is 9.78. The first-order chi connectivity index (χ1) is 17.7. The fourth-order valence-corrected chi connectivity index (χ4v) is 3.87. The van der Waals surface area contributed by atoms with Gasteiger partial charge in [0, 0.05) is 18.5 Å². The summed E-state index contributed by atoms with van der Waals surface area (Å²) >= 11 is 0. The molecule has 0 aromatic heterocycles. The van der Waals surface area contributed by atoms with Crippen molar-refractivity contribution in [1.29, 1.82) is 0 Å². The van der Waals surface area contributed by atoms with E-state index in [0.29, 0.717) is 23.7 Å². The Morgan fingerprint density at radius 1 is 0.811 bits per heavy atom. The summed E-state index contributed by atoms with van der Waals surface area (Å²) in [7, 11) is 3.19. The van der Waals surface area contributed by atoms with E-state index in [1.807, 2.05) is 75.4 Å². The Morgan fingerprint density at radius 2 is 1.43 bits per heavy atom. The number of methoxy groups -OCH3 is 2. The number of hydrogen-bond acceptors (Lipinski definition) is 5. The van der Waals surface area contributed by atoms with E-state index in [1.54, 1.807) is 43.4 Å². The van der Waals surface area contributed by atoms with Crippen molar-refractivity contribution in [2.24, 2.45) is 0 Å². The van der Waals surface area contributed by atoms with Crippen LogP contribution in [0.3, 0.4) is 0 Å². The maximum atomic E-state index is 13.7. The van der Waals surface area contributed by atoms with Crippen LogP contribution in [-0.4, -0.2) is 49.1 Å². The van der Waals surface area contributed by atoms with Gasteiger partial charge < -0.3 is 24.4 Å². The Labute approximate surface area is 219 Å². The van der Waals surface area contributed by atoms with E-state index in [1.165, 1.54) is 0 Å². The fourth-order valence-electron chi connectivity index (χ4n) is 3.87. The Bertz CT molecular complexity index is 1160. The number of hydrogen-bond donors (Lipinski definition) is 1. The molecule has 0 bridgehead atoms. The average molecular weight is 505 g/mol. The Balaban J connectivity index is 1.92. The van der Waals surface area contributed by atoms with E-state index in [-0.39, 0.29) is 25.0 Å². The highest BCUT2D eigenvalue weighted by atomic mass is 16.5. The van der Waals surface area contributed by atoms with Crippen molar-refractivity contribution in [1.82, 2.24) is 10.2 Å². The first-order valence-electron chi connectivity index (χ1n) is 12.2. The van der Waals surface area contributed by atoms with E-state index in [0.717, 1.165) is 11.1 Å². The van der Waals surface area contributed by atoms with Crippen LogP contribution in [0.15, 0.2) is 78.9 Å². The molecule has 0 aliphatic carbocycles. The number of carbonyl (C=O) groups excluding carboxylic acids is 2. The molecular formula is C30H36N2O5. The third-order valence-electron chi connectivity index (χ3n) is 5.68. The van der Waals surface area contributed by atoms with Crippen LogP contribution in [0.5, 0.6) is 17.2 Å². The molecule has 0 unspecified atom stereocenters. The summed E-state index contributed by atoms with van der Waals surface area (Å²) in [5, 5.41) is 3.06. The molecule has 0 fully saturated rings. The van der Waals surface area contributed by atoms with Gasteiger partial charge in [0.15, 0.2) is 6.61 Å². The van der Waals surface area contributed by atoms with Crippen molar-refractivity contribution in [3.05, 3.63) is 90.0 Å². The van der Waals surface area contributed by atoms with E-state index >= 15 is 0 Å². The summed E-state index contributed by atoms with van der Waals surface area (Å²) in [6.07, 6.45) is 0.362. The van der Waals surface area contributed by atoms with Gasteiger partial charge in [0.25, 0.3) is 5.91 Å². The first-order valence-corrected chi connectivity index (χ1v) is 12.2. The van der Waals surface area contributed by atoms with Crippen molar-refractivity contribution >= 4 is 11.8 Å². The number of nitrogens with zero attached hydrogens (tertiary/aromatic N) is 1. The zero-order valence-corrected chi connectivity index (χ0v) is 22.2. The Kier molecular flexibility index (Phi) is 9.55. The molecule has 3 rings (SSSR count). The molecule has 3 aromatic rings. The Morgan fingerprint density at radius 3 is 2.05 bits per heavy atom.